The van der Waals surface area contributed by atoms with Crippen LogP contribution >= 0.6 is 0 Å². The Hall–Kier alpha value is -3.18. The van der Waals surface area contributed by atoms with Crippen LogP contribution in [-0.4, -0.2) is 28.0 Å². The van der Waals surface area contributed by atoms with E-state index in [0.29, 0.717) is 18.7 Å². The highest BCUT2D eigenvalue weighted by Crippen LogP contribution is 2.24. The number of carbonyl (C=O) groups is 1. The largest absolute Gasteiger partial charge is 0.478 e. The number of carboxylic acids is 1. The molecule has 0 atom stereocenters. The summed E-state index contributed by atoms with van der Waals surface area (Å²) in [6.07, 6.45) is 3.68. The summed E-state index contributed by atoms with van der Waals surface area (Å²) >= 11 is 0. The van der Waals surface area contributed by atoms with Crippen LogP contribution in [0.2, 0.25) is 0 Å². The molecule has 1 heterocycles. The monoisotopic (exact) mass is 376 g/mol. The van der Waals surface area contributed by atoms with Crippen LogP contribution in [0.4, 0.5) is 0 Å². The van der Waals surface area contributed by atoms with E-state index in [9.17, 15) is 9.90 Å². The summed E-state index contributed by atoms with van der Waals surface area (Å²) in [4.78, 5) is 11.5. The van der Waals surface area contributed by atoms with Crippen molar-refractivity contribution in [2.24, 2.45) is 0 Å². The van der Waals surface area contributed by atoms with Crippen LogP contribution in [0, 0.1) is 0 Å². The second-order valence-corrected chi connectivity index (χ2v) is 6.59. The van der Waals surface area contributed by atoms with Crippen molar-refractivity contribution in [3.05, 3.63) is 89.8 Å². The molecule has 0 saturated carbocycles. The van der Waals surface area contributed by atoms with Crippen molar-refractivity contribution in [2.75, 3.05) is 7.11 Å². The van der Waals surface area contributed by atoms with Gasteiger partial charge in [0.2, 0.25) is 0 Å². The zero-order valence-electron chi connectivity index (χ0n) is 16.0. The van der Waals surface area contributed by atoms with Crippen molar-refractivity contribution in [1.29, 1.82) is 0 Å². The maximum absolute atomic E-state index is 11.5. The van der Waals surface area contributed by atoms with E-state index in [1.54, 1.807) is 19.2 Å². The van der Waals surface area contributed by atoms with Crippen LogP contribution in [0.5, 0.6) is 0 Å². The van der Waals surface area contributed by atoms with Gasteiger partial charge in [-0.1, -0.05) is 48.5 Å². The number of ether oxygens (including phenoxy) is 1. The molecule has 3 aromatic rings. The zero-order chi connectivity index (χ0) is 19.9. The summed E-state index contributed by atoms with van der Waals surface area (Å²) in [6, 6.07) is 17.1. The number of aryl methyl sites for hydroxylation is 1. The first-order valence-corrected chi connectivity index (χ1v) is 9.19. The molecule has 0 saturated heterocycles. The quantitative estimate of drug-likeness (QED) is 0.556. The van der Waals surface area contributed by atoms with Crippen molar-refractivity contribution in [3.8, 4) is 11.1 Å². The summed E-state index contributed by atoms with van der Waals surface area (Å²) < 4.78 is 7.20. The van der Waals surface area contributed by atoms with Crippen molar-refractivity contribution < 1.29 is 14.6 Å². The number of aromatic nitrogens is 2. The highest BCUT2D eigenvalue weighted by Gasteiger charge is 2.12. The number of rotatable bonds is 9. The van der Waals surface area contributed by atoms with E-state index >= 15 is 0 Å². The molecular formula is C23H24N2O3. The fourth-order valence-corrected chi connectivity index (χ4v) is 3.21. The predicted molar refractivity (Wildman–Crippen MR) is 109 cm³/mol. The molecule has 5 heteroatoms. The number of aromatic carboxylic acids is 1. The lowest BCUT2D eigenvalue weighted by molar-refractivity contribution is 0.0697. The molecule has 0 bridgehead atoms. The highest BCUT2D eigenvalue weighted by atomic mass is 16.5. The molecule has 0 aliphatic carbocycles. The van der Waals surface area contributed by atoms with Gasteiger partial charge in [0.25, 0.3) is 0 Å². The smallest absolute Gasteiger partial charge is 0.336 e. The van der Waals surface area contributed by atoms with E-state index < -0.39 is 5.97 Å². The lowest BCUT2D eigenvalue weighted by Crippen LogP contribution is -2.07. The van der Waals surface area contributed by atoms with Crippen LogP contribution < -0.4 is 0 Å². The molecule has 3 rings (SSSR count). The first-order chi connectivity index (χ1) is 13.6. The topological polar surface area (TPSA) is 64.4 Å². The summed E-state index contributed by atoms with van der Waals surface area (Å²) in [6.45, 7) is 4.93. The minimum Gasteiger partial charge on any atom is -0.478 e. The Balaban J connectivity index is 1.83. The van der Waals surface area contributed by atoms with Gasteiger partial charge in [-0.25, -0.2) is 4.79 Å². The minimum absolute atomic E-state index is 0.304. The van der Waals surface area contributed by atoms with Gasteiger partial charge in [0.1, 0.15) is 0 Å². The maximum atomic E-state index is 11.5. The first kappa shape index (κ1) is 19.6. The van der Waals surface area contributed by atoms with Gasteiger partial charge in [-0.15, -0.1) is 6.58 Å². The number of hydrogen-bond acceptors (Lipinski definition) is 3. The van der Waals surface area contributed by atoms with Gasteiger partial charge in [-0.05, 0) is 41.7 Å². The summed E-state index contributed by atoms with van der Waals surface area (Å²) in [5, 5.41) is 14.0. The SMILES string of the molecule is C=CCCc1cc(COC)nn1Cc1ccc(-c2ccccc2C(=O)O)cc1. The molecule has 1 aromatic heterocycles. The summed E-state index contributed by atoms with van der Waals surface area (Å²) in [5.74, 6) is -0.922. The van der Waals surface area contributed by atoms with Gasteiger partial charge >= 0.3 is 5.97 Å². The van der Waals surface area contributed by atoms with Crippen LogP contribution in [0.3, 0.4) is 0 Å². The Kier molecular flexibility index (Phi) is 6.40. The summed E-state index contributed by atoms with van der Waals surface area (Å²) in [7, 11) is 1.66. The third kappa shape index (κ3) is 4.56. The van der Waals surface area contributed by atoms with Gasteiger partial charge < -0.3 is 9.84 Å². The number of nitrogens with zero attached hydrogens (tertiary/aromatic N) is 2. The third-order valence-corrected chi connectivity index (χ3v) is 4.57. The molecule has 0 spiro atoms. The van der Waals surface area contributed by atoms with Crippen LogP contribution in [0.1, 0.15) is 33.7 Å². The van der Waals surface area contributed by atoms with Crippen LogP contribution in [0.25, 0.3) is 11.1 Å². The fraction of sp³-hybridized carbons (Fsp3) is 0.217. The van der Waals surface area contributed by atoms with Gasteiger partial charge in [-0.2, -0.15) is 5.10 Å². The standard InChI is InChI=1S/C23H24N2O3/c1-3-4-7-20-14-19(16-28-2)24-25(20)15-17-10-12-18(13-11-17)21-8-5-6-9-22(21)23(26)27/h3,5-6,8-14H,1,4,7,15-16H2,2H3,(H,26,27). The van der Waals surface area contributed by atoms with Crippen molar-refractivity contribution >= 4 is 5.97 Å². The number of benzene rings is 2. The number of allylic oxidation sites excluding steroid dienone is 1. The molecule has 144 valence electrons. The normalized spacial score (nSPS) is 10.8. The first-order valence-electron chi connectivity index (χ1n) is 9.19. The average molecular weight is 376 g/mol. The Morgan fingerprint density at radius 3 is 2.64 bits per heavy atom. The molecule has 0 aliphatic rings. The second kappa shape index (κ2) is 9.15. The van der Waals surface area contributed by atoms with E-state index in [-0.39, 0.29) is 0 Å². The number of carboxylic acid groups (broad SMARTS) is 1. The number of methoxy groups -OCH3 is 1. The molecule has 0 fully saturated rings. The summed E-state index contributed by atoms with van der Waals surface area (Å²) in [5.41, 5.74) is 5.06. The fourth-order valence-electron chi connectivity index (χ4n) is 3.21. The van der Waals surface area contributed by atoms with E-state index in [4.69, 9.17) is 4.74 Å². The molecule has 0 unspecified atom stereocenters. The zero-order valence-corrected chi connectivity index (χ0v) is 16.0. The molecule has 0 radical (unpaired) electrons. The molecule has 0 amide bonds. The van der Waals surface area contributed by atoms with Crippen LogP contribution in [0.15, 0.2) is 67.3 Å². The minimum atomic E-state index is -0.922. The van der Waals surface area contributed by atoms with E-state index in [1.165, 1.54) is 0 Å². The van der Waals surface area contributed by atoms with Crippen molar-refractivity contribution in [2.45, 2.75) is 26.0 Å². The van der Waals surface area contributed by atoms with E-state index in [2.05, 4.69) is 17.7 Å². The molecule has 0 aliphatic heterocycles. The second-order valence-electron chi connectivity index (χ2n) is 6.59. The van der Waals surface area contributed by atoms with E-state index in [0.717, 1.165) is 40.9 Å². The van der Waals surface area contributed by atoms with Crippen molar-refractivity contribution in [1.82, 2.24) is 9.78 Å². The lowest BCUT2D eigenvalue weighted by atomic mass is 9.99. The Morgan fingerprint density at radius 1 is 1.21 bits per heavy atom. The molecule has 28 heavy (non-hydrogen) atoms. The molecule has 2 aromatic carbocycles. The van der Waals surface area contributed by atoms with Crippen LogP contribution in [-0.2, 0) is 24.3 Å². The average Bonchev–Trinajstić information content (AvgIpc) is 3.08. The molecule has 5 nitrogen and oxygen atoms in total. The molecular weight excluding hydrogens is 352 g/mol. The lowest BCUT2D eigenvalue weighted by Gasteiger charge is -2.09. The highest BCUT2D eigenvalue weighted by molar-refractivity contribution is 5.95. The van der Waals surface area contributed by atoms with E-state index in [1.807, 2.05) is 47.2 Å². The Morgan fingerprint density at radius 2 is 1.96 bits per heavy atom. The molecule has 1 N–H and O–H groups in total. The van der Waals surface area contributed by atoms with Gasteiger partial charge in [0.15, 0.2) is 0 Å². The Labute approximate surface area is 164 Å². The maximum Gasteiger partial charge on any atom is 0.336 e. The Bertz CT molecular complexity index is 958. The van der Waals surface area contributed by atoms with Gasteiger partial charge in [0, 0.05) is 12.8 Å². The third-order valence-electron chi connectivity index (χ3n) is 4.57. The van der Waals surface area contributed by atoms with Crippen molar-refractivity contribution in [3.63, 3.8) is 0 Å². The van der Waals surface area contributed by atoms with Gasteiger partial charge in [0.05, 0.1) is 24.4 Å². The number of hydrogen-bond donors (Lipinski definition) is 1. The predicted octanol–water partition coefficient (Wildman–Crippen LogP) is 4.56. The van der Waals surface area contributed by atoms with Gasteiger partial charge in [-0.3, -0.25) is 4.68 Å².